The lowest BCUT2D eigenvalue weighted by Crippen LogP contribution is -2.19. The third kappa shape index (κ3) is 2.19. The topological polar surface area (TPSA) is 42.4 Å². The maximum absolute atomic E-state index is 10.0. The second kappa shape index (κ2) is 4.73. The fourth-order valence-corrected chi connectivity index (χ4v) is 2.26. The Kier molecular flexibility index (Phi) is 3.34. The summed E-state index contributed by atoms with van der Waals surface area (Å²) in [4.78, 5) is 4.37. The molecule has 15 heavy (non-hydrogen) atoms. The van der Waals surface area contributed by atoms with Crippen LogP contribution in [0.1, 0.15) is 30.0 Å². The highest BCUT2D eigenvalue weighted by Crippen LogP contribution is 2.34. The van der Waals surface area contributed by atoms with Crippen LogP contribution in [0.4, 0.5) is 0 Å². The van der Waals surface area contributed by atoms with Crippen LogP contribution in [-0.2, 0) is 11.2 Å². The molecule has 3 heteroatoms. The Labute approximate surface area is 90.1 Å². The minimum atomic E-state index is -0.318. The first-order valence-corrected chi connectivity index (χ1v) is 5.43. The first kappa shape index (κ1) is 10.6. The van der Waals surface area contributed by atoms with E-state index in [0.29, 0.717) is 13.0 Å². The molecule has 0 spiro atoms. The summed E-state index contributed by atoms with van der Waals surface area (Å²) in [5.74, 6) is 0.205. The molecular weight excluding hydrogens is 190 g/mol. The van der Waals surface area contributed by atoms with E-state index in [-0.39, 0.29) is 12.0 Å². The maximum Gasteiger partial charge on any atom is 0.0646 e. The van der Waals surface area contributed by atoms with E-state index < -0.39 is 0 Å². The molecule has 82 valence electrons. The van der Waals surface area contributed by atoms with Crippen LogP contribution >= 0.6 is 0 Å². The van der Waals surface area contributed by atoms with Crippen molar-refractivity contribution in [2.75, 3.05) is 13.7 Å². The molecule has 2 atom stereocenters. The van der Waals surface area contributed by atoms with Crippen molar-refractivity contribution in [2.24, 2.45) is 0 Å². The van der Waals surface area contributed by atoms with Crippen LogP contribution in [0.15, 0.2) is 18.3 Å². The number of aliphatic hydroxyl groups is 1. The van der Waals surface area contributed by atoms with Gasteiger partial charge in [-0.3, -0.25) is 4.98 Å². The number of ether oxygens (including phenoxy) is 1. The van der Waals surface area contributed by atoms with Gasteiger partial charge in [0.25, 0.3) is 0 Å². The van der Waals surface area contributed by atoms with Crippen LogP contribution in [0.2, 0.25) is 0 Å². The van der Waals surface area contributed by atoms with Crippen molar-refractivity contribution in [1.82, 2.24) is 4.98 Å². The lowest BCUT2D eigenvalue weighted by Gasteiger charge is -2.17. The minimum absolute atomic E-state index is 0.205. The van der Waals surface area contributed by atoms with Gasteiger partial charge in [0, 0.05) is 31.5 Å². The van der Waals surface area contributed by atoms with Crippen LogP contribution in [0, 0.1) is 0 Å². The van der Waals surface area contributed by atoms with Gasteiger partial charge in [-0.15, -0.1) is 0 Å². The van der Waals surface area contributed by atoms with E-state index in [2.05, 4.69) is 11.1 Å². The highest BCUT2D eigenvalue weighted by atomic mass is 16.5. The molecule has 2 unspecified atom stereocenters. The minimum Gasteiger partial charge on any atom is -0.392 e. The normalized spacial score (nSPS) is 21.3. The average Bonchev–Trinajstić information content (AvgIpc) is 2.69. The Bertz CT molecular complexity index is 327. The first-order valence-electron chi connectivity index (χ1n) is 5.43. The molecule has 3 nitrogen and oxygen atoms in total. The van der Waals surface area contributed by atoms with E-state index >= 15 is 0 Å². The third-order valence-electron chi connectivity index (χ3n) is 3.08. The summed E-state index contributed by atoms with van der Waals surface area (Å²) in [6.45, 7) is 0.611. The van der Waals surface area contributed by atoms with Crippen molar-refractivity contribution in [2.45, 2.75) is 31.3 Å². The molecule has 1 aromatic heterocycles. The van der Waals surface area contributed by atoms with Gasteiger partial charge in [0.05, 0.1) is 6.10 Å². The summed E-state index contributed by atoms with van der Waals surface area (Å²) in [6.07, 6.45) is 4.23. The molecule has 0 bridgehead atoms. The van der Waals surface area contributed by atoms with E-state index in [1.54, 1.807) is 13.3 Å². The van der Waals surface area contributed by atoms with Crippen molar-refractivity contribution in [3.63, 3.8) is 0 Å². The van der Waals surface area contributed by atoms with E-state index in [1.807, 2.05) is 6.07 Å². The smallest absolute Gasteiger partial charge is 0.0646 e. The number of methoxy groups -OCH3 is 1. The monoisotopic (exact) mass is 207 g/mol. The van der Waals surface area contributed by atoms with Gasteiger partial charge < -0.3 is 9.84 Å². The molecule has 0 radical (unpaired) electrons. The molecule has 1 aromatic rings. The van der Waals surface area contributed by atoms with Gasteiger partial charge in [-0.25, -0.2) is 0 Å². The number of rotatable bonds is 4. The zero-order valence-corrected chi connectivity index (χ0v) is 9.02. The molecule has 0 amide bonds. The van der Waals surface area contributed by atoms with E-state index in [9.17, 15) is 5.11 Å². The van der Waals surface area contributed by atoms with Crippen LogP contribution in [-0.4, -0.2) is 29.9 Å². The van der Waals surface area contributed by atoms with Crippen LogP contribution in [0.5, 0.6) is 0 Å². The lowest BCUT2D eigenvalue weighted by molar-refractivity contribution is 0.0895. The number of aliphatic hydroxyl groups excluding tert-OH is 1. The lowest BCUT2D eigenvalue weighted by atomic mass is 9.97. The second-order valence-corrected chi connectivity index (χ2v) is 4.04. The molecule has 0 aliphatic heterocycles. The van der Waals surface area contributed by atoms with Gasteiger partial charge >= 0.3 is 0 Å². The van der Waals surface area contributed by atoms with Crippen molar-refractivity contribution >= 4 is 0 Å². The number of hydrogen-bond donors (Lipinski definition) is 1. The molecular formula is C12H17NO2. The summed E-state index contributed by atoms with van der Waals surface area (Å²) < 4.78 is 4.98. The standard InChI is InChI=1S/C12H17NO2/c1-15-8-6-11(14)10-5-4-9-3-2-7-13-12(9)10/h2-3,7,10-11,14H,4-6,8H2,1H3. The van der Waals surface area contributed by atoms with Crippen molar-refractivity contribution in [3.05, 3.63) is 29.6 Å². The molecule has 1 heterocycles. The highest BCUT2D eigenvalue weighted by Gasteiger charge is 2.29. The maximum atomic E-state index is 10.0. The van der Waals surface area contributed by atoms with E-state index in [1.165, 1.54) is 5.56 Å². The Balaban J connectivity index is 2.06. The van der Waals surface area contributed by atoms with Crippen molar-refractivity contribution < 1.29 is 9.84 Å². The summed E-state index contributed by atoms with van der Waals surface area (Å²) in [5, 5.41) is 10.0. The molecule has 0 saturated carbocycles. The zero-order valence-electron chi connectivity index (χ0n) is 9.02. The third-order valence-corrected chi connectivity index (χ3v) is 3.08. The van der Waals surface area contributed by atoms with Crippen molar-refractivity contribution in [1.29, 1.82) is 0 Å². The zero-order chi connectivity index (χ0) is 10.7. The molecule has 0 aromatic carbocycles. The SMILES string of the molecule is COCCC(O)C1CCc2cccnc21. The predicted octanol–water partition coefficient (Wildman–Crippen LogP) is 1.51. The molecule has 1 aliphatic rings. The van der Waals surface area contributed by atoms with Crippen LogP contribution < -0.4 is 0 Å². The summed E-state index contributed by atoms with van der Waals surface area (Å²) in [5.41, 5.74) is 2.38. The summed E-state index contributed by atoms with van der Waals surface area (Å²) >= 11 is 0. The Morgan fingerprint density at radius 1 is 1.67 bits per heavy atom. The Hall–Kier alpha value is -0.930. The molecule has 1 N–H and O–H groups in total. The number of fused-ring (bicyclic) bond motifs is 1. The quantitative estimate of drug-likeness (QED) is 0.813. The van der Waals surface area contributed by atoms with E-state index in [4.69, 9.17) is 4.74 Å². The number of aromatic nitrogens is 1. The summed E-state index contributed by atoms with van der Waals surface area (Å²) in [7, 11) is 1.66. The van der Waals surface area contributed by atoms with Gasteiger partial charge in [0.15, 0.2) is 0 Å². The number of nitrogens with zero attached hydrogens (tertiary/aromatic N) is 1. The fraction of sp³-hybridized carbons (Fsp3) is 0.583. The Morgan fingerprint density at radius 2 is 2.53 bits per heavy atom. The number of hydrogen-bond acceptors (Lipinski definition) is 3. The molecule has 2 rings (SSSR count). The van der Waals surface area contributed by atoms with Gasteiger partial charge in [-0.05, 0) is 30.9 Å². The molecule has 1 aliphatic carbocycles. The van der Waals surface area contributed by atoms with E-state index in [0.717, 1.165) is 18.5 Å². The Morgan fingerprint density at radius 3 is 3.33 bits per heavy atom. The second-order valence-electron chi connectivity index (χ2n) is 4.04. The van der Waals surface area contributed by atoms with Gasteiger partial charge in [0.1, 0.15) is 0 Å². The highest BCUT2D eigenvalue weighted by molar-refractivity contribution is 5.29. The van der Waals surface area contributed by atoms with Gasteiger partial charge in [-0.2, -0.15) is 0 Å². The molecule has 0 fully saturated rings. The number of aryl methyl sites for hydroxylation is 1. The average molecular weight is 207 g/mol. The first-order chi connectivity index (χ1) is 7.33. The largest absolute Gasteiger partial charge is 0.392 e. The van der Waals surface area contributed by atoms with Gasteiger partial charge in [0.2, 0.25) is 0 Å². The number of pyridine rings is 1. The predicted molar refractivity (Wildman–Crippen MR) is 57.8 cm³/mol. The van der Waals surface area contributed by atoms with Crippen molar-refractivity contribution in [3.8, 4) is 0 Å². The van der Waals surface area contributed by atoms with Crippen LogP contribution in [0.3, 0.4) is 0 Å². The fourth-order valence-electron chi connectivity index (χ4n) is 2.26. The van der Waals surface area contributed by atoms with Gasteiger partial charge in [-0.1, -0.05) is 6.07 Å². The molecule has 0 saturated heterocycles. The summed E-state index contributed by atoms with van der Waals surface area (Å²) in [6, 6.07) is 4.06. The van der Waals surface area contributed by atoms with Crippen LogP contribution in [0.25, 0.3) is 0 Å².